The molecule has 5 nitrogen and oxygen atoms in total. The van der Waals surface area contributed by atoms with E-state index in [0.717, 1.165) is 5.69 Å². The maximum Gasteiger partial charge on any atom is 0.251 e. The molecule has 0 aliphatic carbocycles. The number of hydrogen-bond donors (Lipinski definition) is 3. The van der Waals surface area contributed by atoms with Crippen LogP contribution >= 0.6 is 0 Å². The van der Waals surface area contributed by atoms with Gasteiger partial charge in [0, 0.05) is 23.7 Å². The van der Waals surface area contributed by atoms with Crippen LogP contribution in [0.2, 0.25) is 0 Å². The molecule has 0 aliphatic heterocycles. The summed E-state index contributed by atoms with van der Waals surface area (Å²) in [4.78, 5) is 15.9. The molecule has 5 heteroatoms. The highest BCUT2D eigenvalue weighted by atomic mass is 16.1. The Bertz CT molecular complexity index is 395. The van der Waals surface area contributed by atoms with Gasteiger partial charge in [0.2, 0.25) is 0 Å². The van der Waals surface area contributed by atoms with Gasteiger partial charge in [0.05, 0.1) is 0 Å². The summed E-state index contributed by atoms with van der Waals surface area (Å²) in [6, 6.07) is 3.40. The van der Waals surface area contributed by atoms with Crippen molar-refractivity contribution in [2.45, 2.75) is 26.2 Å². The van der Waals surface area contributed by atoms with E-state index in [-0.39, 0.29) is 11.3 Å². The molecule has 0 spiro atoms. The third kappa shape index (κ3) is 2.70. The van der Waals surface area contributed by atoms with Gasteiger partial charge in [-0.3, -0.25) is 4.79 Å². The maximum atomic E-state index is 11.6. The first-order chi connectivity index (χ1) is 7.38. The minimum Gasteiger partial charge on any atom is -0.355 e. The first kappa shape index (κ1) is 12.4. The summed E-state index contributed by atoms with van der Waals surface area (Å²) in [6.45, 7) is 6.09. The van der Waals surface area contributed by atoms with Crippen LogP contribution in [-0.4, -0.2) is 17.9 Å². The number of nitrogen functional groups attached to an aromatic ring is 1. The second kappa shape index (κ2) is 4.49. The van der Waals surface area contributed by atoms with Gasteiger partial charge >= 0.3 is 0 Å². The molecule has 4 N–H and O–H groups in total. The van der Waals surface area contributed by atoms with Crippen molar-refractivity contribution in [1.29, 1.82) is 0 Å². The first-order valence-electron chi connectivity index (χ1n) is 5.09. The summed E-state index contributed by atoms with van der Waals surface area (Å²) in [5.74, 6) is 5.67. The number of aromatic nitrogens is 1. The van der Waals surface area contributed by atoms with E-state index in [2.05, 4.69) is 15.7 Å². The number of nitrogens with one attached hydrogen (secondary N) is 2. The normalized spacial score (nSPS) is 11.1. The van der Waals surface area contributed by atoms with Crippen LogP contribution < -0.4 is 16.6 Å². The van der Waals surface area contributed by atoms with E-state index in [4.69, 9.17) is 5.84 Å². The van der Waals surface area contributed by atoms with E-state index in [0.29, 0.717) is 11.4 Å². The van der Waals surface area contributed by atoms with Crippen molar-refractivity contribution in [3.63, 3.8) is 0 Å². The van der Waals surface area contributed by atoms with Crippen LogP contribution in [-0.2, 0) is 5.41 Å². The van der Waals surface area contributed by atoms with E-state index >= 15 is 0 Å². The molecule has 0 aromatic carbocycles. The van der Waals surface area contributed by atoms with Crippen LogP contribution in [0.15, 0.2) is 12.1 Å². The van der Waals surface area contributed by atoms with Crippen molar-refractivity contribution >= 4 is 11.7 Å². The lowest BCUT2D eigenvalue weighted by Gasteiger charge is -2.19. The summed E-state index contributed by atoms with van der Waals surface area (Å²) in [5.41, 5.74) is 3.71. The van der Waals surface area contributed by atoms with E-state index in [1.807, 2.05) is 20.8 Å². The SMILES string of the molecule is CNC(=O)c1cc(NN)nc(C(C)(C)C)c1. The third-order valence-corrected chi connectivity index (χ3v) is 2.23. The van der Waals surface area contributed by atoms with Crippen LogP contribution in [0.5, 0.6) is 0 Å². The Morgan fingerprint density at radius 3 is 2.44 bits per heavy atom. The molecule has 0 atom stereocenters. The van der Waals surface area contributed by atoms with Gasteiger partial charge in [0.1, 0.15) is 5.82 Å². The number of nitrogens with two attached hydrogens (primary N) is 1. The topological polar surface area (TPSA) is 80.0 Å². The van der Waals surface area contributed by atoms with Gasteiger partial charge in [-0.25, -0.2) is 10.8 Å². The van der Waals surface area contributed by atoms with Gasteiger partial charge in [0.15, 0.2) is 0 Å². The number of pyridine rings is 1. The van der Waals surface area contributed by atoms with Crippen LogP contribution in [0.4, 0.5) is 5.82 Å². The van der Waals surface area contributed by atoms with Crippen molar-refractivity contribution in [3.05, 3.63) is 23.4 Å². The quantitative estimate of drug-likeness (QED) is 0.515. The zero-order valence-corrected chi connectivity index (χ0v) is 10.1. The highest BCUT2D eigenvalue weighted by molar-refractivity contribution is 5.94. The van der Waals surface area contributed by atoms with E-state index in [1.54, 1.807) is 19.2 Å². The number of carbonyl (C=O) groups excluding carboxylic acids is 1. The number of amides is 1. The predicted molar refractivity (Wildman–Crippen MR) is 64.1 cm³/mol. The Kier molecular flexibility index (Phi) is 3.49. The molecule has 16 heavy (non-hydrogen) atoms. The summed E-state index contributed by atoms with van der Waals surface area (Å²) in [5, 5.41) is 2.58. The lowest BCUT2D eigenvalue weighted by atomic mass is 9.90. The number of nitrogens with zero attached hydrogens (tertiary/aromatic N) is 1. The molecular formula is C11H18N4O. The molecule has 0 saturated heterocycles. The summed E-state index contributed by atoms with van der Waals surface area (Å²) < 4.78 is 0. The van der Waals surface area contributed by atoms with E-state index in [1.165, 1.54) is 0 Å². The zero-order chi connectivity index (χ0) is 12.3. The second-order valence-electron chi connectivity index (χ2n) is 4.60. The van der Waals surface area contributed by atoms with Crippen molar-refractivity contribution in [3.8, 4) is 0 Å². The van der Waals surface area contributed by atoms with Crippen molar-refractivity contribution < 1.29 is 4.79 Å². The van der Waals surface area contributed by atoms with E-state index < -0.39 is 0 Å². The Morgan fingerprint density at radius 2 is 2.00 bits per heavy atom. The minimum absolute atomic E-state index is 0.129. The van der Waals surface area contributed by atoms with Crippen LogP contribution in [0.25, 0.3) is 0 Å². The summed E-state index contributed by atoms with van der Waals surface area (Å²) in [6.07, 6.45) is 0. The average Bonchev–Trinajstić information content (AvgIpc) is 2.26. The Balaban J connectivity index is 3.27. The van der Waals surface area contributed by atoms with Crippen LogP contribution in [0.3, 0.4) is 0 Å². The summed E-state index contributed by atoms with van der Waals surface area (Å²) in [7, 11) is 1.59. The predicted octanol–water partition coefficient (Wildman–Crippen LogP) is 1.02. The molecular weight excluding hydrogens is 204 g/mol. The molecule has 0 radical (unpaired) electrons. The summed E-state index contributed by atoms with van der Waals surface area (Å²) >= 11 is 0. The third-order valence-electron chi connectivity index (χ3n) is 2.23. The molecule has 88 valence electrons. The molecule has 0 unspecified atom stereocenters. The van der Waals surface area contributed by atoms with Crippen LogP contribution in [0, 0.1) is 0 Å². The highest BCUT2D eigenvalue weighted by Gasteiger charge is 2.18. The van der Waals surface area contributed by atoms with E-state index in [9.17, 15) is 4.79 Å². The van der Waals surface area contributed by atoms with Crippen molar-refractivity contribution in [2.75, 3.05) is 12.5 Å². The van der Waals surface area contributed by atoms with Gasteiger partial charge in [-0.2, -0.15) is 0 Å². The molecule has 0 fully saturated rings. The number of hydrogen-bond acceptors (Lipinski definition) is 4. The lowest BCUT2D eigenvalue weighted by Crippen LogP contribution is -2.22. The largest absolute Gasteiger partial charge is 0.355 e. The molecule has 1 aromatic heterocycles. The molecule has 0 aliphatic rings. The second-order valence-corrected chi connectivity index (χ2v) is 4.60. The fourth-order valence-electron chi connectivity index (χ4n) is 1.26. The fourth-order valence-corrected chi connectivity index (χ4v) is 1.26. The minimum atomic E-state index is -0.149. The molecule has 1 amide bonds. The zero-order valence-electron chi connectivity index (χ0n) is 10.1. The van der Waals surface area contributed by atoms with Crippen LogP contribution in [0.1, 0.15) is 36.8 Å². The molecule has 1 aromatic rings. The highest BCUT2D eigenvalue weighted by Crippen LogP contribution is 2.23. The Labute approximate surface area is 95.4 Å². The maximum absolute atomic E-state index is 11.6. The number of carbonyl (C=O) groups is 1. The lowest BCUT2D eigenvalue weighted by molar-refractivity contribution is 0.0963. The van der Waals surface area contributed by atoms with Gasteiger partial charge in [-0.1, -0.05) is 20.8 Å². The average molecular weight is 222 g/mol. The van der Waals surface area contributed by atoms with Crippen molar-refractivity contribution in [2.24, 2.45) is 5.84 Å². The van der Waals surface area contributed by atoms with Gasteiger partial charge in [-0.15, -0.1) is 0 Å². The standard InChI is InChI=1S/C11H18N4O/c1-11(2,3)8-5-7(10(16)13-4)6-9(14-8)15-12/h5-6H,12H2,1-4H3,(H,13,16)(H,14,15). The van der Waals surface area contributed by atoms with Gasteiger partial charge < -0.3 is 10.7 Å². The number of hydrazine groups is 1. The van der Waals surface area contributed by atoms with Gasteiger partial charge in [0.25, 0.3) is 5.91 Å². The molecule has 0 bridgehead atoms. The Hall–Kier alpha value is -1.62. The van der Waals surface area contributed by atoms with Gasteiger partial charge in [-0.05, 0) is 12.1 Å². The molecule has 0 saturated carbocycles. The molecule has 1 heterocycles. The monoisotopic (exact) mass is 222 g/mol. The Morgan fingerprint density at radius 1 is 1.38 bits per heavy atom. The number of rotatable bonds is 2. The van der Waals surface area contributed by atoms with Crippen molar-refractivity contribution in [1.82, 2.24) is 10.3 Å². The molecule has 1 rings (SSSR count). The number of anilines is 1. The fraction of sp³-hybridized carbons (Fsp3) is 0.455. The first-order valence-corrected chi connectivity index (χ1v) is 5.09. The smallest absolute Gasteiger partial charge is 0.251 e.